The molecule has 0 saturated heterocycles. The van der Waals surface area contributed by atoms with E-state index in [-0.39, 0.29) is 5.25 Å². The molecule has 106 valence electrons. The summed E-state index contributed by atoms with van der Waals surface area (Å²) in [7, 11) is -3.14. The number of rotatable bonds is 7. The first kappa shape index (κ1) is 14.3. The quantitative estimate of drug-likeness (QED) is 0.742. The van der Waals surface area contributed by atoms with Crippen LogP contribution in [0.2, 0.25) is 0 Å². The van der Waals surface area contributed by atoms with Gasteiger partial charge in [0.2, 0.25) is 10.0 Å². The molecule has 2 N–H and O–H groups in total. The molecule has 0 amide bonds. The average Bonchev–Trinajstić information content (AvgIpc) is 3.19. The van der Waals surface area contributed by atoms with Gasteiger partial charge in [-0.25, -0.2) is 13.1 Å². The van der Waals surface area contributed by atoms with Gasteiger partial charge in [-0.2, -0.15) is 0 Å². The fourth-order valence-corrected chi connectivity index (χ4v) is 3.57. The van der Waals surface area contributed by atoms with E-state index in [0.29, 0.717) is 25.0 Å². The van der Waals surface area contributed by atoms with Gasteiger partial charge in [-0.15, -0.1) is 0 Å². The Balaban J connectivity index is 1.70. The van der Waals surface area contributed by atoms with Crippen LogP contribution < -0.4 is 10.0 Å². The largest absolute Gasteiger partial charge is 0.313 e. The van der Waals surface area contributed by atoms with Crippen molar-refractivity contribution in [2.24, 2.45) is 5.92 Å². The van der Waals surface area contributed by atoms with E-state index in [9.17, 15) is 8.42 Å². The highest BCUT2D eigenvalue weighted by molar-refractivity contribution is 7.90. The van der Waals surface area contributed by atoms with Gasteiger partial charge in [0, 0.05) is 19.1 Å². The standard InChI is InChI=1S/C13H26N2O2S/c1-11(9-14-13-7-8-13)18(16,17)15-10-12-5-3-2-4-6-12/h11-15H,2-10H2,1H3. The normalized spacial score (nSPS) is 24.1. The Morgan fingerprint density at radius 3 is 2.39 bits per heavy atom. The van der Waals surface area contributed by atoms with Gasteiger partial charge < -0.3 is 5.32 Å². The third-order valence-corrected chi connectivity index (χ3v) is 5.89. The summed E-state index contributed by atoms with van der Waals surface area (Å²) in [6.45, 7) is 3.00. The topological polar surface area (TPSA) is 58.2 Å². The van der Waals surface area contributed by atoms with Crippen molar-refractivity contribution in [1.82, 2.24) is 10.0 Å². The van der Waals surface area contributed by atoms with Crippen LogP contribution in [0.3, 0.4) is 0 Å². The molecule has 18 heavy (non-hydrogen) atoms. The summed E-state index contributed by atoms with van der Waals surface area (Å²) in [5.41, 5.74) is 0. The number of hydrogen-bond donors (Lipinski definition) is 2. The summed E-state index contributed by atoms with van der Waals surface area (Å²) in [4.78, 5) is 0. The van der Waals surface area contributed by atoms with E-state index in [1.54, 1.807) is 6.92 Å². The van der Waals surface area contributed by atoms with Gasteiger partial charge in [-0.3, -0.25) is 0 Å². The van der Waals surface area contributed by atoms with Crippen molar-refractivity contribution in [3.05, 3.63) is 0 Å². The lowest BCUT2D eigenvalue weighted by molar-refractivity contribution is 0.356. The van der Waals surface area contributed by atoms with E-state index >= 15 is 0 Å². The average molecular weight is 274 g/mol. The van der Waals surface area contributed by atoms with Crippen LogP contribution in [-0.2, 0) is 10.0 Å². The van der Waals surface area contributed by atoms with E-state index in [0.717, 1.165) is 0 Å². The van der Waals surface area contributed by atoms with E-state index in [1.165, 1.54) is 44.9 Å². The van der Waals surface area contributed by atoms with Gasteiger partial charge in [-0.1, -0.05) is 19.3 Å². The molecule has 0 aromatic heterocycles. The third kappa shape index (κ3) is 4.52. The van der Waals surface area contributed by atoms with Crippen LogP contribution in [0.5, 0.6) is 0 Å². The Bertz CT molecular complexity index is 346. The Labute approximate surface area is 111 Å². The van der Waals surface area contributed by atoms with Crippen molar-refractivity contribution in [3.8, 4) is 0 Å². The van der Waals surface area contributed by atoms with Crippen LogP contribution in [0.15, 0.2) is 0 Å². The maximum atomic E-state index is 12.1. The van der Waals surface area contributed by atoms with Crippen LogP contribution in [0, 0.1) is 5.92 Å². The van der Waals surface area contributed by atoms with Gasteiger partial charge in [0.05, 0.1) is 5.25 Å². The monoisotopic (exact) mass is 274 g/mol. The molecule has 4 nitrogen and oxygen atoms in total. The summed E-state index contributed by atoms with van der Waals surface area (Å²) >= 11 is 0. The Morgan fingerprint density at radius 2 is 1.78 bits per heavy atom. The zero-order valence-corrected chi connectivity index (χ0v) is 12.1. The fourth-order valence-electron chi connectivity index (χ4n) is 2.50. The summed E-state index contributed by atoms with van der Waals surface area (Å²) < 4.78 is 26.9. The van der Waals surface area contributed by atoms with E-state index < -0.39 is 10.0 Å². The molecule has 0 aromatic carbocycles. The summed E-state index contributed by atoms with van der Waals surface area (Å²) in [5.74, 6) is 0.553. The van der Waals surface area contributed by atoms with Crippen LogP contribution in [0.25, 0.3) is 0 Å². The summed E-state index contributed by atoms with van der Waals surface area (Å²) in [6.07, 6.45) is 8.57. The molecular weight excluding hydrogens is 248 g/mol. The predicted octanol–water partition coefficient (Wildman–Crippen LogP) is 1.63. The number of sulfonamides is 1. The molecule has 0 heterocycles. The van der Waals surface area contributed by atoms with Crippen molar-refractivity contribution in [2.75, 3.05) is 13.1 Å². The van der Waals surface area contributed by atoms with Crippen molar-refractivity contribution < 1.29 is 8.42 Å². The van der Waals surface area contributed by atoms with Crippen molar-refractivity contribution in [1.29, 1.82) is 0 Å². The molecule has 1 unspecified atom stereocenters. The molecule has 0 bridgehead atoms. The maximum absolute atomic E-state index is 12.1. The van der Waals surface area contributed by atoms with Crippen LogP contribution in [-0.4, -0.2) is 32.8 Å². The molecule has 0 aliphatic heterocycles. The van der Waals surface area contributed by atoms with Crippen LogP contribution >= 0.6 is 0 Å². The second-order valence-corrected chi connectivity index (χ2v) is 8.07. The summed E-state index contributed by atoms with van der Waals surface area (Å²) in [5, 5.41) is 2.95. The van der Waals surface area contributed by atoms with Crippen LogP contribution in [0.4, 0.5) is 0 Å². The van der Waals surface area contributed by atoms with Gasteiger partial charge in [0.1, 0.15) is 0 Å². The Hall–Kier alpha value is -0.130. The van der Waals surface area contributed by atoms with Gasteiger partial charge in [0.15, 0.2) is 0 Å². The van der Waals surface area contributed by atoms with Crippen LogP contribution in [0.1, 0.15) is 51.9 Å². The minimum Gasteiger partial charge on any atom is -0.313 e. The maximum Gasteiger partial charge on any atom is 0.215 e. The van der Waals surface area contributed by atoms with Crippen molar-refractivity contribution in [3.63, 3.8) is 0 Å². The molecule has 1 atom stereocenters. The zero-order valence-electron chi connectivity index (χ0n) is 11.3. The number of hydrogen-bond acceptors (Lipinski definition) is 3. The molecular formula is C13H26N2O2S. The van der Waals surface area contributed by atoms with E-state index in [4.69, 9.17) is 0 Å². The lowest BCUT2D eigenvalue weighted by atomic mass is 9.90. The van der Waals surface area contributed by atoms with Gasteiger partial charge in [0.25, 0.3) is 0 Å². The lowest BCUT2D eigenvalue weighted by Gasteiger charge is -2.23. The molecule has 2 rings (SSSR count). The summed E-state index contributed by atoms with van der Waals surface area (Å²) in [6, 6.07) is 0.570. The van der Waals surface area contributed by atoms with E-state index in [2.05, 4.69) is 10.0 Å². The minimum absolute atomic E-state index is 0.332. The van der Waals surface area contributed by atoms with Gasteiger partial charge in [-0.05, 0) is 38.5 Å². The lowest BCUT2D eigenvalue weighted by Crippen LogP contribution is -2.41. The van der Waals surface area contributed by atoms with Crippen molar-refractivity contribution in [2.45, 2.75) is 63.2 Å². The molecule has 0 aromatic rings. The first-order valence-corrected chi connectivity index (χ1v) is 8.84. The molecule has 2 saturated carbocycles. The van der Waals surface area contributed by atoms with Gasteiger partial charge >= 0.3 is 0 Å². The molecule has 5 heteroatoms. The molecule has 2 aliphatic rings. The molecule has 0 spiro atoms. The third-order valence-electron chi connectivity index (χ3n) is 4.10. The minimum atomic E-state index is -3.14. The first-order chi connectivity index (χ1) is 8.58. The zero-order chi connectivity index (χ0) is 13.0. The fraction of sp³-hybridized carbons (Fsp3) is 1.00. The second kappa shape index (κ2) is 6.35. The van der Waals surface area contributed by atoms with Crippen molar-refractivity contribution >= 4 is 10.0 Å². The highest BCUT2D eigenvalue weighted by Gasteiger charge is 2.26. The second-order valence-electron chi connectivity index (χ2n) is 5.89. The Kier molecular flexibility index (Phi) is 5.04. The molecule has 2 aliphatic carbocycles. The predicted molar refractivity (Wildman–Crippen MR) is 74.0 cm³/mol. The smallest absolute Gasteiger partial charge is 0.215 e. The highest BCUT2D eigenvalue weighted by Crippen LogP contribution is 2.23. The molecule has 0 radical (unpaired) electrons. The molecule has 2 fully saturated rings. The number of nitrogens with one attached hydrogen (secondary N) is 2. The SMILES string of the molecule is CC(CNC1CC1)S(=O)(=O)NCC1CCCCC1. The first-order valence-electron chi connectivity index (χ1n) is 7.30. The highest BCUT2D eigenvalue weighted by atomic mass is 32.2. The Morgan fingerprint density at radius 1 is 1.11 bits per heavy atom. The van der Waals surface area contributed by atoms with E-state index in [1.807, 2.05) is 0 Å².